The Morgan fingerprint density at radius 2 is 1.39 bits per heavy atom. The van der Waals surface area contributed by atoms with E-state index in [0.717, 1.165) is 0 Å². The second kappa shape index (κ2) is 5.38. The molecule has 0 radical (unpaired) electrons. The number of halogens is 5. The van der Waals surface area contributed by atoms with Crippen LogP contribution >= 0.6 is 0 Å². The van der Waals surface area contributed by atoms with Crippen LogP contribution in [-0.2, 0) is 0 Å². The van der Waals surface area contributed by atoms with Gasteiger partial charge in [-0.25, -0.2) is 18.2 Å². The lowest BCUT2D eigenvalue weighted by molar-refractivity contribution is 0.328. The molecular formula is C15H6F5NO2. The Kier molecular flexibility index (Phi) is 3.51. The average Bonchev–Trinajstić information content (AvgIpc) is 2.55. The van der Waals surface area contributed by atoms with Crippen LogP contribution in [0, 0.1) is 29.1 Å². The first-order valence-electron chi connectivity index (χ1n) is 6.17. The second-order valence-corrected chi connectivity index (χ2v) is 4.53. The minimum absolute atomic E-state index is 0.0206. The molecule has 0 spiro atoms. The fourth-order valence-corrected chi connectivity index (χ4v) is 1.93. The van der Waals surface area contributed by atoms with Crippen LogP contribution in [0.3, 0.4) is 0 Å². The molecular weight excluding hydrogens is 321 g/mol. The van der Waals surface area contributed by atoms with Gasteiger partial charge in [0.05, 0.1) is 5.52 Å². The quantitative estimate of drug-likeness (QED) is 0.430. The Bertz CT molecular complexity index is 900. The summed E-state index contributed by atoms with van der Waals surface area (Å²) in [4.78, 5) is 3.87. The lowest BCUT2D eigenvalue weighted by Crippen LogP contribution is -2.04. The third-order valence-electron chi connectivity index (χ3n) is 3.02. The van der Waals surface area contributed by atoms with Crippen molar-refractivity contribution in [3.63, 3.8) is 0 Å². The monoisotopic (exact) mass is 327 g/mol. The van der Waals surface area contributed by atoms with Crippen LogP contribution in [0.1, 0.15) is 0 Å². The number of phenols is 1. The number of aromatic hydroxyl groups is 1. The highest BCUT2D eigenvalue weighted by molar-refractivity contribution is 5.80. The highest BCUT2D eigenvalue weighted by atomic mass is 19.2. The minimum Gasteiger partial charge on any atom is -0.508 e. The number of nitrogens with zero attached hydrogens (tertiary/aromatic N) is 1. The molecule has 0 atom stereocenters. The Hall–Kier alpha value is -2.90. The first-order chi connectivity index (χ1) is 10.9. The molecule has 3 rings (SSSR count). The van der Waals surface area contributed by atoms with Crippen LogP contribution in [0.25, 0.3) is 10.9 Å². The van der Waals surface area contributed by atoms with E-state index < -0.39 is 34.8 Å². The molecule has 0 saturated carbocycles. The van der Waals surface area contributed by atoms with Crippen LogP contribution in [-0.4, -0.2) is 10.1 Å². The summed E-state index contributed by atoms with van der Waals surface area (Å²) in [7, 11) is 0. The number of aromatic nitrogens is 1. The van der Waals surface area contributed by atoms with Crippen LogP contribution < -0.4 is 4.74 Å². The summed E-state index contributed by atoms with van der Waals surface area (Å²) in [6.45, 7) is 0. The molecule has 0 aliphatic heterocycles. The molecule has 0 aliphatic carbocycles. The van der Waals surface area contributed by atoms with Gasteiger partial charge in [-0.1, -0.05) is 0 Å². The number of hydrogen-bond acceptors (Lipinski definition) is 3. The van der Waals surface area contributed by atoms with Crippen LogP contribution in [0.15, 0.2) is 30.3 Å². The van der Waals surface area contributed by atoms with E-state index >= 15 is 0 Å². The van der Waals surface area contributed by atoms with Gasteiger partial charge in [-0.2, -0.15) is 8.78 Å². The molecule has 2 aromatic carbocycles. The fraction of sp³-hybridized carbons (Fsp3) is 0. The summed E-state index contributed by atoms with van der Waals surface area (Å²) in [6.07, 6.45) is 0. The van der Waals surface area contributed by atoms with Gasteiger partial charge in [-0.15, -0.1) is 0 Å². The Labute approximate surface area is 125 Å². The largest absolute Gasteiger partial charge is 0.508 e. The van der Waals surface area contributed by atoms with Gasteiger partial charge in [0.1, 0.15) is 5.75 Å². The number of ether oxygens (including phenoxy) is 1. The van der Waals surface area contributed by atoms with E-state index in [1.807, 2.05) is 0 Å². The molecule has 0 amide bonds. The number of rotatable bonds is 2. The summed E-state index contributed by atoms with van der Waals surface area (Å²) in [5.74, 6) is -12.5. The standard InChI is InChI=1S/C15H6F5NO2/c16-10-11(17)13(19)15(14(20)12(10)18)23-9-4-1-6-5-7(22)2-3-8(6)21-9/h1-5,22H. The van der Waals surface area contributed by atoms with Gasteiger partial charge in [0.25, 0.3) is 0 Å². The SMILES string of the molecule is Oc1ccc2nc(Oc3c(F)c(F)c(F)c(F)c3F)ccc2c1. The van der Waals surface area contributed by atoms with Gasteiger partial charge in [-0.05, 0) is 24.3 Å². The number of benzene rings is 2. The molecule has 0 fully saturated rings. The zero-order chi connectivity index (χ0) is 16.7. The Balaban J connectivity index is 2.07. The van der Waals surface area contributed by atoms with Crippen molar-refractivity contribution in [3.8, 4) is 17.4 Å². The molecule has 0 unspecified atom stereocenters. The zero-order valence-electron chi connectivity index (χ0n) is 11.1. The molecule has 3 aromatic rings. The predicted molar refractivity (Wildman–Crippen MR) is 69.7 cm³/mol. The summed E-state index contributed by atoms with van der Waals surface area (Å²) in [5, 5.41) is 9.81. The molecule has 0 saturated heterocycles. The first kappa shape index (κ1) is 15.0. The maximum atomic E-state index is 13.5. The lowest BCUT2D eigenvalue weighted by atomic mass is 10.2. The summed E-state index contributed by atoms with van der Waals surface area (Å²) in [5.41, 5.74) is 0.296. The van der Waals surface area contributed by atoms with Crippen molar-refractivity contribution >= 4 is 10.9 Å². The van der Waals surface area contributed by atoms with E-state index in [0.29, 0.717) is 10.9 Å². The van der Waals surface area contributed by atoms with Crippen molar-refractivity contribution in [3.05, 3.63) is 59.4 Å². The Morgan fingerprint density at radius 1 is 0.783 bits per heavy atom. The van der Waals surface area contributed by atoms with E-state index in [1.54, 1.807) is 0 Å². The van der Waals surface area contributed by atoms with Crippen molar-refractivity contribution in [1.82, 2.24) is 4.98 Å². The van der Waals surface area contributed by atoms with Crippen molar-refractivity contribution in [2.75, 3.05) is 0 Å². The van der Waals surface area contributed by atoms with E-state index in [9.17, 15) is 27.1 Å². The molecule has 1 heterocycles. The third-order valence-corrected chi connectivity index (χ3v) is 3.02. The van der Waals surface area contributed by atoms with Crippen molar-refractivity contribution in [2.24, 2.45) is 0 Å². The molecule has 23 heavy (non-hydrogen) atoms. The Morgan fingerprint density at radius 3 is 2.04 bits per heavy atom. The third kappa shape index (κ3) is 2.52. The molecule has 8 heteroatoms. The minimum atomic E-state index is -2.27. The number of fused-ring (bicyclic) bond motifs is 1. The summed E-state index contributed by atoms with van der Waals surface area (Å²) < 4.78 is 71.0. The van der Waals surface area contributed by atoms with E-state index in [-0.39, 0.29) is 11.6 Å². The number of hydrogen-bond donors (Lipinski definition) is 1. The smallest absolute Gasteiger partial charge is 0.220 e. The summed E-state index contributed by atoms with van der Waals surface area (Å²) >= 11 is 0. The zero-order valence-corrected chi connectivity index (χ0v) is 11.1. The molecule has 0 bridgehead atoms. The number of pyridine rings is 1. The van der Waals surface area contributed by atoms with E-state index in [4.69, 9.17) is 4.74 Å². The van der Waals surface area contributed by atoms with Crippen LogP contribution in [0.5, 0.6) is 17.4 Å². The fourth-order valence-electron chi connectivity index (χ4n) is 1.93. The maximum Gasteiger partial charge on any atom is 0.220 e. The molecule has 118 valence electrons. The first-order valence-corrected chi connectivity index (χ1v) is 6.17. The van der Waals surface area contributed by atoms with E-state index in [2.05, 4.69) is 4.98 Å². The molecule has 0 aliphatic rings. The highest BCUT2D eigenvalue weighted by Crippen LogP contribution is 2.32. The maximum absolute atomic E-state index is 13.5. The van der Waals surface area contributed by atoms with Gasteiger partial charge >= 0.3 is 0 Å². The topological polar surface area (TPSA) is 42.4 Å². The van der Waals surface area contributed by atoms with Gasteiger partial charge in [0.15, 0.2) is 0 Å². The van der Waals surface area contributed by atoms with Crippen LogP contribution in [0.4, 0.5) is 22.0 Å². The second-order valence-electron chi connectivity index (χ2n) is 4.53. The van der Waals surface area contributed by atoms with Gasteiger partial charge < -0.3 is 9.84 Å². The van der Waals surface area contributed by atoms with Crippen molar-refractivity contribution < 1.29 is 31.8 Å². The predicted octanol–water partition coefficient (Wildman–Crippen LogP) is 4.43. The highest BCUT2D eigenvalue weighted by Gasteiger charge is 2.27. The van der Waals surface area contributed by atoms with Gasteiger partial charge in [-0.3, -0.25) is 0 Å². The lowest BCUT2D eigenvalue weighted by Gasteiger charge is -2.09. The molecule has 3 nitrogen and oxygen atoms in total. The summed E-state index contributed by atoms with van der Waals surface area (Å²) in [6, 6.07) is 6.67. The normalized spacial score (nSPS) is 11.0. The van der Waals surface area contributed by atoms with Crippen LogP contribution in [0.2, 0.25) is 0 Å². The van der Waals surface area contributed by atoms with Gasteiger partial charge in [0.2, 0.25) is 40.7 Å². The van der Waals surface area contributed by atoms with Gasteiger partial charge in [0, 0.05) is 11.5 Å². The van der Waals surface area contributed by atoms with E-state index in [1.165, 1.54) is 30.3 Å². The van der Waals surface area contributed by atoms with Crippen molar-refractivity contribution in [1.29, 1.82) is 0 Å². The average molecular weight is 327 g/mol. The number of phenolic OH excluding ortho intramolecular Hbond substituents is 1. The van der Waals surface area contributed by atoms with Crippen molar-refractivity contribution in [2.45, 2.75) is 0 Å². The molecule has 1 N–H and O–H groups in total. The molecule has 1 aromatic heterocycles.